The molecule has 9 heteroatoms. The van der Waals surface area contributed by atoms with Crippen molar-refractivity contribution in [1.82, 2.24) is 14.8 Å². The molecular formula is C23H14F5N3O. The van der Waals surface area contributed by atoms with Crippen LogP contribution in [-0.2, 0) is 5.60 Å². The van der Waals surface area contributed by atoms with Crippen LogP contribution in [0, 0.1) is 11.6 Å². The Hall–Kier alpha value is -3.72. The lowest BCUT2D eigenvalue weighted by atomic mass is 9.85. The normalized spacial score (nSPS) is 14.2. The van der Waals surface area contributed by atoms with Gasteiger partial charge in [-0.1, -0.05) is 18.2 Å². The fourth-order valence-corrected chi connectivity index (χ4v) is 3.94. The SMILES string of the molecule is OC(c1ccc2c(cnn2-c2ccccc2F)c1)(c1c[nH]c2ccc(F)cc12)C(F)(F)F. The van der Waals surface area contributed by atoms with Crippen LogP contribution in [0.15, 0.2) is 73.1 Å². The number of rotatable bonds is 3. The second-order valence-corrected chi connectivity index (χ2v) is 7.38. The van der Waals surface area contributed by atoms with Crippen LogP contribution in [0.5, 0.6) is 0 Å². The molecule has 1 unspecified atom stereocenters. The van der Waals surface area contributed by atoms with Gasteiger partial charge in [0.2, 0.25) is 5.60 Å². The monoisotopic (exact) mass is 443 g/mol. The summed E-state index contributed by atoms with van der Waals surface area (Å²) >= 11 is 0. The summed E-state index contributed by atoms with van der Waals surface area (Å²) in [6.45, 7) is 0. The van der Waals surface area contributed by atoms with Gasteiger partial charge in [-0.2, -0.15) is 18.3 Å². The first-order valence-corrected chi connectivity index (χ1v) is 9.49. The van der Waals surface area contributed by atoms with Gasteiger partial charge in [-0.3, -0.25) is 0 Å². The number of aliphatic hydroxyl groups is 1. The van der Waals surface area contributed by atoms with Gasteiger partial charge in [-0.05, 0) is 48.0 Å². The van der Waals surface area contributed by atoms with Gasteiger partial charge in [0.05, 0.1) is 11.7 Å². The maximum Gasteiger partial charge on any atom is 0.425 e. The molecule has 162 valence electrons. The molecule has 0 aliphatic carbocycles. The summed E-state index contributed by atoms with van der Waals surface area (Å²) in [6, 6.07) is 12.8. The van der Waals surface area contributed by atoms with Gasteiger partial charge in [0.25, 0.3) is 0 Å². The molecule has 0 radical (unpaired) electrons. The van der Waals surface area contributed by atoms with Gasteiger partial charge < -0.3 is 10.1 Å². The number of nitrogens with one attached hydrogen (secondary N) is 1. The second-order valence-electron chi connectivity index (χ2n) is 7.38. The largest absolute Gasteiger partial charge is 0.425 e. The number of hydrogen-bond acceptors (Lipinski definition) is 2. The van der Waals surface area contributed by atoms with E-state index in [-0.39, 0.29) is 22.0 Å². The van der Waals surface area contributed by atoms with Gasteiger partial charge >= 0.3 is 6.18 Å². The van der Waals surface area contributed by atoms with Crippen molar-refractivity contribution in [2.24, 2.45) is 0 Å². The lowest BCUT2D eigenvalue weighted by Gasteiger charge is -2.31. The molecule has 32 heavy (non-hydrogen) atoms. The Morgan fingerprint density at radius 2 is 1.72 bits per heavy atom. The number of alkyl halides is 3. The number of halogens is 5. The number of para-hydroxylation sites is 1. The first kappa shape index (κ1) is 20.2. The second kappa shape index (κ2) is 6.89. The van der Waals surface area contributed by atoms with Crippen molar-refractivity contribution in [3.8, 4) is 5.69 Å². The third-order valence-corrected chi connectivity index (χ3v) is 5.51. The van der Waals surface area contributed by atoms with E-state index >= 15 is 0 Å². The molecule has 0 aliphatic rings. The summed E-state index contributed by atoms with van der Waals surface area (Å²) in [5.74, 6) is -1.28. The van der Waals surface area contributed by atoms with E-state index in [4.69, 9.17) is 0 Å². The Bertz CT molecular complexity index is 1470. The van der Waals surface area contributed by atoms with Crippen LogP contribution in [0.2, 0.25) is 0 Å². The smallest absolute Gasteiger partial charge is 0.372 e. The average molecular weight is 443 g/mol. The van der Waals surface area contributed by atoms with Crippen molar-refractivity contribution >= 4 is 21.8 Å². The number of aromatic amines is 1. The van der Waals surface area contributed by atoms with Gasteiger partial charge in [0.1, 0.15) is 17.3 Å². The molecule has 0 bridgehead atoms. The van der Waals surface area contributed by atoms with Crippen molar-refractivity contribution < 1.29 is 27.1 Å². The van der Waals surface area contributed by atoms with Crippen LogP contribution in [0.1, 0.15) is 11.1 Å². The number of benzene rings is 3. The van der Waals surface area contributed by atoms with E-state index in [0.29, 0.717) is 5.52 Å². The van der Waals surface area contributed by atoms with Crippen molar-refractivity contribution in [2.45, 2.75) is 11.8 Å². The lowest BCUT2D eigenvalue weighted by Crippen LogP contribution is -2.43. The van der Waals surface area contributed by atoms with Crippen LogP contribution >= 0.6 is 0 Å². The number of aromatic nitrogens is 3. The summed E-state index contributed by atoms with van der Waals surface area (Å²) in [7, 11) is 0. The molecule has 5 rings (SSSR count). The third-order valence-electron chi connectivity index (χ3n) is 5.51. The molecule has 0 saturated heterocycles. The van der Waals surface area contributed by atoms with Gasteiger partial charge in [0.15, 0.2) is 0 Å². The minimum absolute atomic E-state index is 0.0908. The fraction of sp³-hybridized carbons (Fsp3) is 0.0870. The van der Waals surface area contributed by atoms with Crippen molar-refractivity contribution in [2.75, 3.05) is 0 Å². The number of H-pyrrole nitrogens is 1. The quantitative estimate of drug-likeness (QED) is 0.358. The summed E-state index contributed by atoms with van der Waals surface area (Å²) in [5.41, 5.74) is -3.69. The van der Waals surface area contributed by atoms with Crippen LogP contribution in [-0.4, -0.2) is 26.0 Å². The highest BCUT2D eigenvalue weighted by Gasteiger charge is 2.57. The molecule has 5 aromatic rings. The number of nitrogens with zero attached hydrogens (tertiary/aromatic N) is 2. The van der Waals surface area contributed by atoms with Crippen LogP contribution in [0.3, 0.4) is 0 Å². The first-order chi connectivity index (χ1) is 15.2. The Kier molecular flexibility index (Phi) is 4.35. The van der Waals surface area contributed by atoms with Crippen molar-refractivity contribution in [3.63, 3.8) is 0 Å². The molecular weight excluding hydrogens is 429 g/mol. The third kappa shape index (κ3) is 2.89. The minimum Gasteiger partial charge on any atom is -0.372 e. The molecule has 0 spiro atoms. The summed E-state index contributed by atoms with van der Waals surface area (Å²) < 4.78 is 72.1. The van der Waals surface area contributed by atoms with Gasteiger partial charge in [-0.15, -0.1) is 0 Å². The highest BCUT2D eigenvalue weighted by Crippen LogP contribution is 2.47. The van der Waals surface area contributed by atoms with Crippen molar-refractivity contribution in [1.29, 1.82) is 0 Å². The van der Waals surface area contributed by atoms with E-state index in [9.17, 15) is 27.1 Å². The summed E-state index contributed by atoms with van der Waals surface area (Å²) in [6.07, 6.45) is -2.81. The Morgan fingerprint density at radius 3 is 2.47 bits per heavy atom. The summed E-state index contributed by atoms with van der Waals surface area (Å²) in [5, 5.41) is 15.3. The van der Waals surface area contributed by atoms with E-state index in [1.54, 1.807) is 6.07 Å². The average Bonchev–Trinajstić information content (AvgIpc) is 3.36. The van der Waals surface area contributed by atoms with Gasteiger partial charge in [0, 0.05) is 28.0 Å². The Balaban J connectivity index is 1.72. The zero-order valence-corrected chi connectivity index (χ0v) is 16.2. The van der Waals surface area contributed by atoms with Crippen LogP contribution in [0.25, 0.3) is 27.5 Å². The minimum atomic E-state index is -5.12. The molecule has 2 heterocycles. The summed E-state index contributed by atoms with van der Waals surface area (Å²) in [4.78, 5) is 2.65. The van der Waals surface area contributed by atoms with Crippen LogP contribution in [0.4, 0.5) is 22.0 Å². The highest BCUT2D eigenvalue weighted by molar-refractivity contribution is 5.86. The van der Waals surface area contributed by atoms with E-state index in [2.05, 4.69) is 10.1 Å². The zero-order chi connectivity index (χ0) is 22.7. The Morgan fingerprint density at radius 1 is 0.938 bits per heavy atom. The molecule has 2 N–H and O–H groups in total. The molecule has 1 atom stereocenters. The molecule has 0 amide bonds. The predicted octanol–water partition coefficient (Wildman–Crippen LogP) is 5.58. The van der Waals surface area contributed by atoms with Gasteiger partial charge in [-0.25, -0.2) is 13.5 Å². The fourth-order valence-electron chi connectivity index (χ4n) is 3.94. The standard InChI is InChI=1S/C23H14F5N3O/c24-15-6-7-19-16(10-15)17(12-29-19)22(32,23(26,27)28)14-5-8-20-13(9-14)11-30-31(20)21-4-2-1-3-18(21)25/h1-12,29,32H. The molecule has 4 nitrogen and oxygen atoms in total. The van der Waals surface area contributed by atoms with Crippen LogP contribution < -0.4 is 0 Å². The maximum atomic E-state index is 14.3. The maximum absolute atomic E-state index is 14.3. The van der Waals surface area contributed by atoms with E-state index < -0.39 is 34.5 Å². The molecule has 3 aromatic carbocycles. The Labute approximate surface area is 177 Å². The molecule has 0 aliphatic heterocycles. The first-order valence-electron chi connectivity index (χ1n) is 9.49. The molecule has 0 fully saturated rings. The highest BCUT2D eigenvalue weighted by atomic mass is 19.4. The molecule has 2 aromatic heterocycles. The topological polar surface area (TPSA) is 53.8 Å². The van der Waals surface area contributed by atoms with E-state index in [1.807, 2.05) is 0 Å². The predicted molar refractivity (Wildman–Crippen MR) is 108 cm³/mol. The lowest BCUT2D eigenvalue weighted by molar-refractivity contribution is -0.247. The van der Waals surface area contributed by atoms with Crippen molar-refractivity contribution in [3.05, 3.63) is 95.8 Å². The molecule has 0 saturated carbocycles. The zero-order valence-electron chi connectivity index (χ0n) is 16.2. The van der Waals surface area contributed by atoms with E-state index in [1.165, 1.54) is 41.2 Å². The number of fused-ring (bicyclic) bond motifs is 2. The van der Waals surface area contributed by atoms with E-state index in [0.717, 1.165) is 30.5 Å². The number of hydrogen-bond donors (Lipinski definition) is 2.